The lowest BCUT2D eigenvalue weighted by atomic mass is 10.1. The van der Waals surface area contributed by atoms with Crippen LogP contribution in [-0.4, -0.2) is 32.3 Å². The molecule has 0 aromatic heterocycles. The third-order valence-electron chi connectivity index (χ3n) is 3.06. The maximum Gasteiger partial charge on any atom is 0.241 e. The van der Waals surface area contributed by atoms with Crippen LogP contribution in [0.15, 0.2) is 18.2 Å². The molecule has 5 nitrogen and oxygen atoms in total. The quantitative estimate of drug-likeness (QED) is 0.686. The number of benzene rings is 1. The maximum absolute atomic E-state index is 12.1. The van der Waals surface area contributed by atoms with Crippen LogP contribution in [0.5, 0.6) is 5.75 Å². The fourth-order valence-corrected chi connectivity index (χ4v) is 1.87. The Morgan fingerprint density at radius 1 is 1.38 bits per heavy atom. The van der Waals surface area contributed by atoms with Gasteiger partial charge in [-0.2, -0.15) is 0 Å². The molecule has 1 unspecified atom stereocenters. The zero-order chi connectivity index (χ0) is 15.7. The Labute approximate surface area is 126 Å². The van der Waals surface area contributed by atoms with Crippen LogP contribution in [0.3, 0.4) is 0 Å². The van der Waals surface area contributed by atoms with Crippen LogP contribution in [0.1, 0.15) is 31.7 Å². The normalized spacial score (nSPS) is 12.0. The first-order valence-electron chi connectivity index (χ1n) is 7.37. The van der Waals surface area contributed by atoms with Gasteiger partial charge in [0.15, 0.2) is 0 Å². The molecule has 0 saturated carbocycles. The monoisotopic (exact) mass is 294 g/mol. The van der Waals surface area contributed by atoms with Gasteiger partial charge < -0.3 is 20.5 Å². The smallest absolute Gasteiger partial charge is 0.241 e. The third-order valence-corrected chi connectivity index (χ3v) is 3.06. The molecule has 0 spiro atoms. The van der Waals surface area contributed by atoms with Crippen LogP contribution >= 0.6 is 0 Å². The second kappa shape index (κ2) is 9.37. The van der Waals surface area contributed by atoms with Gasteiger partial charge in [0.2, 0.25) is 5.91 Å². The van der Waals surface area contributed by atoms with Crippen LogP contribution < -0.4 is 15.8 Å². The van der Waals surface area contributed by atoms with Crippen LogP contribution in [0.25, 0.3) is 0 Å². The topological polar surface area (TPSA) is 73.6 Å². The van der Waals surface area contributed by atoms with E-state index >= 15 is 0 Å². The first kappa shape index (κ1) is 17.5. The molecule has 0 aliphatic carbocycles. The SMILES string of the molecule is CCCOc1cc(C)ccc1NC(=O)C(N)CCCOC. The van der Waals surface area contributed by atoms with Crippen molar-refractivity contribution in [1.82, 2.24) is 0 Å². The summed E-state index contributed by atoms with van der Waals surface area (Å²) in [6.45, 7) is 5.25. The van der Waals surface area contributed by atoms with Gasteiger partial charge in [0, 0.05) is 13.7 Å². The lowest BCUT2D eigenvalue weighted by Gasteiger charge is -2.15. The molecule has 0 heterocycles. The van der Waals surface area contributed by atoms with Crippen molar-refractivity contribution in [1.29, 1.82) is 0 Å². The van der Waals surface area contributed by atoms with E-state index in [4.69, 9.17) is 15.2 Å². The van der Waals surface area contributed by atoms with Gasteiger partial charge >= 0.3 is 0 Å². The Bertz CT molecular complexity index is 449. The molecule has 118 valence electrons. The van der Waals surface area contributed by atoms with Gasteiger partial charge in [0.1, 0.15) is 5.75 Å². The number of ether oxygens (including phenoxy) is 2. The fourth-order valence-electron chi connectivity index (χ4n) is 1.87. The van der Waals surface area contributed by atoms with E-state index in [-0.39, 0.29) is 5.91 Å². The summed E-state index contributed by atoms with van der Waals surface area (Å²) in [6, 6.07) is 5.16. The summed E-state index contributed by atoms with van der Waals surface area (Å²) in [5.41, 5.74) is 7.63. The number of nitrogens with one attached hydrogen (secondary N) is 1. The lowest BCUT2D eigenvalue weighted by molar-refractivity contribution is -0.117. The maximum atomic E-state index is 12.1. The first-order chi connectivity index (χ1) is 10.1. The molecule has 1 aromatic rings. The predicted octanol–water partition coefficient (Wildman–Crippen LogP) is 2.48. The molecule has 0 aliphatic heterocycles. The highest BCUT2D eigenvalue weighted by atomic mass is 16.5. The number of rotatable bonds is 9. The highest BCUT2D eigenvalue weighted by Crippen LogP contribution is 2.26. The highest BCUT2D eigenvalue weighted by Gasteiger charge is 2.15. The van der Waals surface area contributed by atoms with E-state index in [0.717, 1.165) is 18.4 Å². The van der Waals surface area contributed by atoms with Gasteiger partial charge in [0.25, 0.3) is 0 Å². The molecule has 1 atom stereocenters. The number of hydrogen-bond donors (Lipinski definition) is 2. The van der Waals surface area contributed by atoms with Crippen LogP contribution in [0, 0.1) is 6.92 Å². The zero-order valence-electron chi connectivity index (χ0n) is 13.1. The number of methoxy groups -OCH3 is 1. The van der Waals surface area contributed by atoms with E-state index in [9.17, 15) is 4.79 Å². The largest absolute Gasteiger partial charge is 0.491 e. The van der Waals surface area contributed by atoms with Crippen molar-refractivity contribution in [3.63, 3.8) is 0 Å². The standard InChI is InChI=1S/C16H26N2O3/c1-4-9-21-15-11-12(2)7-8-14(15)18-16(19)13(17)6-5-10-20-3/h7-8,11,13H,4-6,9-10,17H2,1-3H3,(H,18,19). The third kappa shape index (κ3) is 6.14. The minimum absolute atomic E-state index is 0.198. The van der Waals surface area contributed by atoms with E-state index in [2.05, 4.69) is 5.32 Å². The average Bonchev–Trinajstić information content (AvgIpc) is 2.47. The summed E-state index contributed by atoms with van der Waals surface area (Å²) in [4.78, 5) is 12.1. The molecule has 1 aromatic carbocycles. The van der Waals surface area contributed by atoms with Gasteiger partial charge in [-0.15, -0.1) is 0 Å². The van der Waals surface area contributed by atoms with Gasteiger partial charge in [-0.3, -0.25) is 4.79 Å². The van der Waals surface area contributed by atoms with Crippen molar-refractivity contribution in [3.8, 4) is 5.75 Å². The number of aryl methyl sites for hydroxylation is 1. The van der Waals surface area contributed by atoms with Crippen molar-refractivity contribution >= 4 is 11.6 Å². The van der Waals surface area contributed by atoms with Crippen molar-refractivity contribution in [3.05, 3.63) is 23.8 Å². The van der Waals surface area contributed by atoms with Crippen molar-refractivity contribution in [2.24, 2.45) is 5.73 Å². The molecular formula is C16H26N2O3. The second-order valence-corrected chi connectivity index (χ2v) is 5.08. The minimum atomic E-state index is -0.541. The Morgan fingerprint density at radius 3 is 2.81 bits per heavy atom. The fraction of sp³-hybridized carbons (Fsp3) is 0.562. The average molecular weight is 294 g/mol. The molecule has 1 rings (SSSR count). The lowest BCUT2D eigenvalue weighted by Crippen LogP contribution is -2.35. The number of nitrogens with two attached hydrogens (primary N) is 1. The molecule has 0 fully saturated rings. The summed E-state index contributed by atoms with van der Waals surface area (Å²) in [5, 5.41) is 2.84. The molecule has 0 radical (unpaired) electrons. The van der Waals surface area contributed by atoms with Gasteiger partial charge in [-0.25, -0.2) is 0 Å². The summed E-state index contributed by atoms with van der Waals surface area (Å²) >= 11 is 0. The molecule has 3 N–H and O–H groups in total. The van der Waals surface area contributed by atoms with Gasteiger partial charge in [0.05, 0.1) is 18.3 Å². The van der Waals surface area contributed by atoms with Crippen molar-refractivity contribution in [2.75, 3.05) is 25.6 Å². The highest BCUT2D eigenvalue weighted by molar-refractivity contribution is 5.95. The second-order valence-electron chi connectivity index (χ2n) is 5.08. The predicted molar refractivity (Wildman–Crippen MR) is 84.7 cm³/mol. The number of amides is 1. The number of hydrogen-bond acceptors (Lipinski definition) is 4. The van der Waals surface area contributed by atoms with Gasteiger partial charge in [-0.05, 0) is 43.9 Å². The summed E-state index contributed by atoms with van der Waals surface area (Å²) in [7, 11) is 1.63. The van der Waals surface area contributed by atoms with Crippen molar-refractivity contribution in [2.45, 2.75) is 39.2 Å². The zero-order valence-corrected chi connectivity index (χ0v) is 13.1. The molecule has 0 bridgehead atoms. The van der Waals surface area contributed by atoms with E-state index < -0.39 is 6.04 Å². The van der Waals surface area contributed by atoms with Crippen LogP contribution in [0.2, 0.25) is 0 Å². The van der Waals surface area contributed by atoms with E-state index in [0.29, 0.717) is 31.1 Å². The van der Waals surface area contributed by atoms with E-state index in [1.807, 2.05) is 32.0 Å². The number of carbonyl (C=O) groups excluding carboxylic acids is 1. The Hall–Kier alpha value is -1.59. The van der Waals surface area contributed by atoms with Crippen LogP contribution in [0.4, 0.5) is 5.69 Å². The summed E-state index contributed by atoms with van der Waals surface area (Å²) in [6.07, 6.45) is 2.27. The van der Waals surface area contributed by atoms with Crippen molar-refractivity contribution < 1.29 is 14.3 Å². The molecule has 1 amide bonds. The first-order valence-corrected chi connectivity index (χ1v) is 7.37. The number of anilines is 1. The molecular weight excluding hydrogens is 268 g/mol. The van der Waals surface area contributed by atoms with E-state index in [1.54, 1.807) is 7.11 Å². The number of carbonyl (C=O) groups is 1. The van der Waals surface area contributed by atoms with Gasteiger partial charge in [-0.1, -0.05) is 13.0 Å². The Balaban J connectivity index is 2.65. The molecule has 21 heavy (non-hydrogen) atoms. The Kier molecular flexibility index (Phi) is 7.79. The minimum Gasteiger partial charge on any atom is -0.491 e. The molecule has 0 aliphatic rings. The molecule has 0 saturated heterocycles. The van der Waals surface area contributed by atoms with E-state index in [1.165, 1.54) is 0 Å². The molecule has 5 heteroatoms. The Morgan fingerprint density at radius 2 is 2.14 bits per heavy atom. The summed E-state index contributed by atoms with van der Waals surface area (Å²) < 4.78 is 10.6. The summed E-state index contributed by atoms with van der Waals surface area (Å²) in [5.74, 6) is 0.491. The van der Waals surface area contributed by atoms with Crippen LogP contribution in [-0.2, 0) is 9.53 Å².